The van der Waals surface area contributed by atoms with Gasteiger partial charge < -0.3 is 14.6 Å². The van der Waals surface area contributed by atoms with Gasteiger partial charge in [-0.1, -0.05) is 17.3 Å². The van der Waals surface area contributed by atoms with Crippen molar-refractivity contribution in [3.8, 4) is 11.5 Å². The van der Waals surface area contributed by atoms with E-state index in [0.29, 0.717) is 28.5 Å². The highest BCUT2D eigenvalue weighted by Gasteiger charge is 2.14. The van der Waals surface area contributed by atoms with Crippen LogP contribution in [-0.2, 0) is 4.74 Å². The molecule has 0 aliphatic rings. The zero-order valence-electron chi connectivity index (χ0n) is 13.6. The van der Waals surface area contributed by atoms with Crippen LogP contribution in [0.3, 0.4) is 0 Å². The molecule has 1 N–H and O–H groups in total. The minimum atomic E-state index is -0.516. The predicted octanol–water partition coefficient (Wildman–Crippen LogP) is 3.08. The first-order valence-corrected chi connectivity index (χ1v) is 7.48. The van der Waals surface area contributed by atoms with Crippen LogP contribution in [0.4, 0.5) is 5.69 Å². The molecule has 0 saturated heterocycles. The lowest BCUT2D eigenvalue weighted by Gasteiger charge is -2.09. The number of benzene rings is 2. The zero-order chi connectivity index (χ0) is 17.8. The summed E-state index contributed by atoms with van der Waals surface area (Å²) in [7, 11) is 1.29. The molecular weight excluding hydrogens is 322 g/mol. The Morgan fingerprint density at radius 1 is 1.08 bits per heavy atom. The number of esters is 1. The maximum Gasteiger partial charge on any atom is 0.339 e. The Morgan fingerprint density at radius 2 is 1.80 bits per heavy atom. The molecule has 0 aliphatic carbocycles. The van der Waals surface area contributed by atoms with E-state index >= 15 is 0 Å². The molecule has 0 fully saturated rings. The fourth-order valence-corrected chi connectivity index (χ4v) is 2.25. The number of hydrogen-bond donors (Lipinski definition) is 1. The molecule has 0 unspecified atom stereocenters. The van der Waals surface area contributed by atoms with Gasteiger partial charge in [0.1, 0.15) is 0 Å². The van der Waals surface area contributed by atoms with Gasteiger partial charge in [-0.25, -0.2) is 4.79 Å². The predicted molar refractivity (Wildman–Crippen MR) is 90.2 cm³/mol. The van der Waals surface area contributed by atoms with E-state index in [1.807, 2.05) is 0 Å². The Balaban J connectivity index is 1.79. The Morgan fingerprint density at radius 3 is 2.44 bits per heavy atom. The lowest BCUT2D eigenvalue weighted by atomic mass is 10.1. The highest BCUT2D eigenvalue weighted by Crippen LogP contribution is 2.20. The first-order valence-electron chi connectivity index (χ1n) is 7.48. The number of nitrogens with one attached hydrogen (secondary N) is 1. The number of para-hydroxylation sites is 1. The third-order valence-electron chi connectivity index (χ3n) is 3.50. The van der Waals surface area contributed by atoms with E-state index in [0.717, 1.165) is 0 Å². The highest BCUT2D eigenvalue weighted by atomic mass is 16.5. The molecule has 0 spiro atoms. The minimum absolute atomic E-state index is 0.288. The van der Waals surface area contributed by atoms with E-state index in [-0.39, 0.29) is 11.5 Å². The van der Waals surface area contributed by atoms with Crippen molar-refractivity contribution < 1.29 is 18.8 Å². The molecule has 0 saturated carbocycles. The van der Waals surface area contributed by atoms with Gasteiger partial charge in [0, 0.05) is 11.1 Å². The van der Waals surface area contributed by atoms with E-state index in [1.54, 1.807) is 55.5 Å². The normalized spacial score (nSPS) is 10.3. The molecule has 1 heterocycles. The minimum Gasteiger partial charge on any atom is -0.465 e. The molecule has 0 aliphatic heterocycles. The van der Waals surface area contributed by atoms with Gasteiger partial charge in [0.25, 0.3) is 11.8 Å². The number of anilines is 1. The SMILES string of the molecule is COC(=O)c1ccccc1NC(=O)c1ccc(-c2nc(C)no2)cc1. The van der Waals surface area contributed by atoms with Crippen LogP contribution >= 0.6 is 0 Å². The molecule has 3 aromatic rings. The number of hydrogen-bond acceptors (Lipinski definition) is 6. The van der Waals surface area contributed by atoms with Crippen LogP contribution in [0.2, 0.25) is 0 Å². The second-order valence-corrected chi connectivity index (χ2v) is 5.22. The summed E-state index contributed by atoms with van der Waals surface area (Å²) in [5.41, 5.74) is 1.82. The average molecular weight is 337 g/mol. The molecule has 1 amide bonds. The lowest BCUT2D eigenvalue weighted by molar-refractivity contribution is 0.0602. The van der Waals surface area contributed by atoms with Crippen LogP contribution in [0.5, 0.6) is 0 Å². The van der Waals surface area contributed by atoms with Crippen molar-refractivity contribution in [3.05, 3.63) is 65.5 Å². The molecule has 7 heteroatoms. The third kappa shape index (κ3) is 3.55. The second-order valence-electron chi connectivity index (χ2n) is 5.22. The number of ether oxygens (including phenoxy) is 1. The number of aromatic nitrogens is 2. The number of nitrogens with zero attached hydrogens (tertiary/aromatic N) is 2. The van der Waals surface area contributed by atoms with Crippen LogP contribution in [-0.4, -0.2) is 29.1 Å². The first-order chi connectivity index (χ1) is 12.1. The van der Waals surface area contributed by atoms with Gasteiger partial charge >= 0.3 is 5.97 Å². The van der Waals surface area contributed by atoms with Crippen molar-refractivity contribution in [2.24, 2.45) is 0 Å². The summed E-state index contributed by atoms with van der Waals surface area (Å²) in [6.07, 6.45) is 0. The Hall–Kier alpha value is -3.48. The molecule has 25 heavy (non-hydrogen) atoms. The summed E-state index contributed by atoms with van der Waals surface area (Å²) < 4.78 is 9.81. The summed E-state index contributed by atoms with van der Waals surface area (Å²) in [6.45, 7) is 1.73. The van der Waals surface area contributed by atoms with Gasteiger partial charge in [-0.2, -0.15) is 4.98 Å². The number of rotatable bonds is 4. The van der Waals surface area contributed by atoms with E-state index in [2.05, 4.69) is 15.5 Å². The number of methoxy groups -OCH3 is 1. The Kier molecular flexibility index (Phi) is 4.56. The van der Waals surface area contributed by atoms with Gasteiger partial charge in [-0.3, -0.25) is 4.79 Å². The number of carbonyl (C=O) groups excluding carboxylic acids is 2. The van der Waals surface area contributed by atoms with Gasteiger partial charge in [-0.15, -0.1) is 0 Å². The third-order valence-corrected chi connectivity index (χ3v) is 3.50. The quantitative estimate of drug-likeness (QED) is 0.735. The van der Waals surface area contributed by atoms with Gasteiger partial charge in [-0.05, 0) is 43.3 Å². The molecule has 7 nitrogen and oxygen atoms in total. The van der Waals surface area contributed by atoms with Crippen molar-refractivity contribution in [2.75, 3.05) is 12.4 Å². The van der Waals surface area contributed by atoms with Crippen molar-refractivity contribution in [1.82, 2.24) is 10.1 Å². The maximum atomic E-state index is 12.4. The zero-order valence-corrected chi connectivity index (χ0v) is 13.6. The summed E-state index contributed by atoms with van der Waals surface area (Å²) in [4.78, 5) is 28.3. The van der Waals surface area contributed by atoms with Crippen molar-refractivity contribution >= 4 is 17.6 Å². The molecule has 2 aromatic carbocycles. The van der Waals surface area contributed by atoms with Gasteiger partial charge in [0.15, 0.2) is 5.82 Å². The molecular formula is C18H15N3O4. The van der Waals surface area contributed by atoms with Crippen LogP contribution in [0.15, 0.2) is 53.1 Å². The van der Waals surface area contributed by atoms with Crippen molar-refractivity contribution in [3.63, 3.8) is 0 Å². The molecule has 0 radical (unpaired) electrons. The highest BCUT2D eigenvalue weighted by molar-refractivity contribution is 6.08. The molecule has 3 rings (SSSR count). The summed E-state index contributed by atoms with van der Waals surface area (Å²) in [5.74, 6) is 0.0688. The van der Waals surface area contributed by atoms with Gasteiger partial charge in [0.05, 0.1) is 18.4 Å². The van der Waals surface area contributed by atoms with E-state index in [4.69, 9.17) is 9.26 Å². The summed E-state index contributed by atoms with van der Waals surface area (Å²) in [5, 5.41) is 6.45. The monoisotopic (exact) mass is 337 g/mol. The smallest absolute Gasteiger partial charge is 0.339 e. The van der Waals surface area contributed by atoms with Crippen molar-refractivity contribution in [2.45, 2.75) is 6.92 Å². The number of carbonyl (C=O) groups is 2. The first kappa shape index (κ1) is 16.4. The van der Waals surface area contributed by atoms with Crippen LogP contribution in [0.25, 0.3) is 11.5 Å². The van der Waals surface area contributed by atoms with Crippen LogP contribution < -0.4 is 5.32 Å². The van der Waals surface area contributed by atoms with E-state index in [1.165, 1.54) is 7.11 Å². The molecule has 0 atom stereocenters. The molecule has 0 bridgehead atoms. The fraction of sp³-hybridized carbons (Fsp3) is 0.111. The lowest BCUT2D eigenvalue weighted by Crippen LogP contribution is -2.15. The number of amides is 1. The van der Waals surface area contributed by atoms with E-state index < -0.39 is 5.97 Å². The Bertz CT molecular complexity index is 916. The molecule has 126 valence electrons. The number of aryl methyl sites for hydroxylation is 1. The maximum absolute atomic E-state index is 12.4. The summed E-state index contributed by atoms with van der Waals surface area (Å²) >= 11 is 0. The van der Waals surface area contributed by atoms with Crippen molar-refractivity contribution in [1.29, 1.82) is 0 Å². The van der Waals surface area contributed by atoms with Gasteiger partial charge in [0.2, 0.25) is 0 Å². The van der Waals surface area contributed by atoms with Crippen LogP contribution in [0, 0.1) is 6.92 Å². The Labute approximate surface area is 143 Å². The standard InChI is InChI=1S/C18H15N3O4/c1-11-19-17(25-21-11)13-9-7-12(8-10-13)16(22)20-15-6-4-3-5-14(15)18(23)24-2/h3-10H,1-2H3,(H,20,22). The summed E-state index contributed by atoms with van der Waals surface area (Å²) in [6, 6.07) is 13.4. The largest absolute Gasteiger partial charge is 0.465 e. The fourth-order valence-electron chi connectivity index (χ4n) is 2.25. The second kappa shape index (κ2) is 6.96. The van der Waals surface area contributed by atoms with Crippen LogP contribution in [0.1, 0.15) is 26.5 Å². The topological polar surface area (TPSA) is 94.3 Å². The van der Waals surface area contributed by atoms with E-state index in [9.17, 15) is 9.59 Å². The molecule has 1 aromatic heterocycles. The average Bonchev–Trinajstić information content (AvgIpc) is 3.08.